The second kappa shape index (κ2) is 8.05. The fraction of sp³-hybridized carbons (Fsp3) is 0.208. The summed E-state index contributed by atoms with van der Waals surface area (Å²) in [6.07, 6.45) is 1.25. The normalized spacial score (nSPS) is 20.3. The molecular weight excluding hydrogens is 476 g/mol. The van der Waals surface area contributed by atoms with Gasteiger partial charge in [0.1, 0.15) is 0 Å². The van der Waals surface area contributed by atoms with E-state index in [4.69, 9.17) is 4.74 Å². The van der Waals surface area contributed by atoms with Gasteiger partial charge in [0.05, 0.1) is 29.0 Å². The van der Waals surface area contributed by atoms with Crippen LogP contribution in [0.3, 0.4) is 0 Å². The Bertz CT molecular complexity index is 1190. The van der Waals surface area contributed by atoms with Gasteiger partial charge in [-0.15, -0.1) is 11.3 Å². The summed E-state index contributed by atoms with van der Waals surface area (Å²) in [6, 6.07) is 15.4. The molecule has 3 N–H and O–H groups in total. The van der Waals surface area contributed by atoms with Gasteiger partial charge in [-0.25, -0.2) is 0 Å². The van der Waals surface area contributed by atoms with Gasteiger partial charge in [0, 0.05) is 28.5 Å². The van der Waals surface area contributed by atoms with Gasteiger partial charge in [0.2, 0.25) is 0 Å². The minimum absolute atomic E-state index is 0.0420. The maximum atomic E-state index is 13.5. The van der Waals surface area contributed by atoms with E-state index >= 15 is 0 Å². The molecule has 0 bridgehead atoms. The van der Waals surface area contributed by atoms with Crippen molar-refractivity contribution in [1.82, 2.24) is 0 Å². The van der Waals surface area contributed by atoms with Crippen LogP contribution in [0.5, 0.6) is 11.5 Å². The van der Waals surface area contributed by atoms with E-state index in [0.717, 1.165) is 34.6 Å². The Balaban J connectivity index is 1.65. The van der Waals surface area contributed by atoms with E-state index in [1.165, 1.54) is 12.0 Å². The summed E-state index contributed by atoms with van der Waals surface area (Å²) in [7, 11) is 1.52. The van der Waals surface area contributed by atoms with Gasteiger partial charge in [-0.05, 0) is 63.6 Å². The molecule has 1 aliphatic carbocycles. The number of hydrogen-bond acceptors (Lipinski definition) is 6. The van der Waals surface area contributed by atoms with Gasteiger partial charge in [0.25, 0.3) is 0 Å². The molecule has 3 aromatic rings. The van der Waals surface area contributed by atoms with Crippen LogP contribution in [0.1, 0.15) is 35.2 Å². The van der Waals surface area contributed by atoms with E-state index in [2.05, 4.69) is 38.0 Å². The van der Waals surface area contributed by atoms with Crippen LogP contribution in [0.4, 0.5) is 11.4 Å². The SMILES string of the molecule is COc1cc([C@@H]2Nc3ccccc3NC3=C2C(=O)C[C@@H](c2cccs2)C3)cc(Br)c1O. The molecule has 0 spiro atoms. The zero-order valence-electron chi connectivity index (χ0n) is 16.8. The minimum Gasteiger partial charge on any atom is -0.503 e. The van der Waals surface area contributed by atoms with Gasteiger partial charge in [0.15, 0.2) is 17.3 Å². The van der Waals surface area contributed by atoms with Crippen molar-refractivity contribution in [3.8, 4) is 11.5 Å². The number of hydrogen-bond donors (Lipinski definition) is 3. The smallest absolute Gasteiger partial charge is 0.172 e. The Kier molecular flexibility index (Phi) is 5.24. The molecule has 2 heterocycles. The third-order valence-electron chi connectivity index (χ3n) is 5.86. The molecule has 0 unspecified atom stereocenters. The molecule has 2 aromatic carbocycles. The van der Waals surface area contributed by atoms with E-state index < -0.39 is 0 Å². The number of ether oxygens (including phenoxy) is 1. The molecule has 0 amide bonds. The monoisotopic (exact) mass is 496 g/mol. The molecule has 7 heteroatoms. The second-order valence-electron chi connectivity index (χ2n) is 7.74. The number of ketones is 1. The number of anilines is 2. The topological polar surface area (TPSA) is 70.6 Å². The van der Waals surface area contributed by atoms with Gasteiger partial charge in [-0.2, -0.15) is 0 Å². The molecular formula is C24H21BrN2O3S. The number of benzene rings is 2. The van der Waals surface area contributed by atoms with E-state index in [0.29, 0.717) is 16.6 Å². The number of carbonyl (C=O) groups is 1. The average Bonchev–Trinajstić information content (AvgIpc) is 3.24. The summed E-state index contributed by atoms with van der Waals surface area (Å²) >= 11 is 5.12. The molecule has 0 radical (unpaired) electrons. The summed E-state index contributed by atoms with van der Waals surface area (Å²) in [6.45, 7) is 0. The van der Waals surface area contributed by atoms with Crippen LogP contribution < -0.4 is 15.4 Å². The molecule has 0 saturated heterocycles. The third kappa shape index (κ3) is 3.62. The summed E-state index contributed by atoms with van der Waals surface area (Å²) in [5.74, 6) is 0.699. The number of Topliss-reactive ketones (excluding diaryl/α,β-unsaturated/α-hetero) is 1. The van der Waals surface area contributed by atoms with Crippen molar-refractivity contribution >= 4 is 44.4 Å². The first-order valence-electron chi connectivity index (χ1n) is 10.0. The molecule has 0 fully saturated rings. The molecule has 31 heavy (non-hydrogen) atoms. The van der Waals surface area contributed by atoms with Crippen LogP contribution in [-0.4, -0.2) is 18.0 Å². The second-order valence-corrected chi connectivity index (χ2v) is 9.57. The summed E-state index contributed by atoms with van der Waals surface area (Å²) in [5, 5.41) is 19.4. The lowest BCUT2D eigenvalue weighted by Crippen LogP contribution is -2.26. The molecule has 1 aromatic heterocycles. The average molecular weight is 497 g/mol. The lowest BCUT2D eigenvalue weighted by atomic mass is 9.80. The fourth-order valence-corrected chi connectivity index (χ4v) is 5.67. The van der Waals surface area contributed by atoms with Crippen molar-refractivity contribution in [2.75, 3.05) is 17.7 Å². The largest absolute Gasteiger partial charge is 0.503 e. The van der Waals surface area contributed by atoms with Crippen molar-refractivity contribution in [2.24, 2.45) is 0 Å². The molecule has 158 valence electrons. The lowest BCUT2D eigenvalue weighted by molar-refractivity contribution is -0.116. The Morgan fingerprint density at radius 2 is 1.94 bits per heavy atom. The highest BCUT2D eigenvalue weighted by molar-refractivity contribution is 9.10. The van der Waals surface area contributed by atoms with E-state index in [1.54, 1.807) is 17.4 Å². The maximum Gasteiger partial charge on any atom is 0.172 e. The van der Waals surface area contributed by atoms with E-state index in [1.807, 2.05) is 36.4 Å². The highest BCUT2D eigenvalue weighted by Gasteiger charge is 2.36. The summed E-state index contributed by atoms with van der Waals surface area (Å²) in [5.41, 5.74) is 4.40. The number of para-hydroxylation sites is 2. The van der Waals surface area contributed by atoms with Crippen molar-refractivity contribution in [3.05, 3.63) is 80.1 Å². The standard InChI is InChI=1S/C24H21BrN2O3S/c1-30-20-12-14(9-15(25)24(20)29)23-22-18(26-16-5-2-3-6-17(16)27-23)10-13(11-19(22)28)21-7-4-8-31-21/h2-9,12-13,23,26-27,29H,10-11H2,1H3/t13-,23-/m0/s1. The molecule has 5 nitrogen and oxygen atoms in total. The van der Waals surface area contributed by atoms with Crippen molar-refractivity contribution < 1.29 is 14.6 Å². The first-order chi connectivity index (χ1) is 15.0. The van der Waals surface area contributed by atoms with Gasteiger partial charge < -0.3 is 20.5 Å². The number of methoxy groups -OCH3 is 1. The Labute approximate surface area is 192 Å². The van der Waals surface area contributed by atoms with Crippen molar-refractivity contribution in [3.63, 3.8) is 0 Å². The number of phenols is 1. The summed E-state index contributed by atoms with van der Waals surface area (Å²) < 4.78 is 5.89. The highest BCUT2D eigenvalue weighted by atomic mass is 79.9. The molecule has 2 atom stereocenters. The van der Waals surface area contributed by atoms with Crippen molar-refractivity contribution in [2.45, 2.75) is 24.8 Å². The maximum absolute atomic E-state index is 13.5. The zero-order chi connectivity index (χ0) is 21.5. The number of phenolic OH excluding ortho intramolecular Hbond substituents is 1. The molecule has 5 rings (SSSR count). The third-order valence-corrected chi connectivity index (χ3v) is 7.50. The Morgan fingerprint density at radius 1 is 1.13 bits per heavy atom. The van der Waals surface area contributed by atoms with Gasteiger partial charge in [-0.1, -0.05) is 18.2 Å². The number of thiophene rings is 1. The predicted molar refractivity (Wildman–Crippen MR) is 127 cm³/mol. The van der Waals surface area contributed by atoms with Crippen LogP contribution in [0, 0.1) is 0 Å². The predicted octanol–water partition coefficient (Wildman–Crippen LogP) is 6.20. The number of allylic oxidation sites excluding steroid dienone is 1. The van der Waals surface area contributed by atoms with Crippen LogP contribution in [0.25, 0.3) is 0 Å². The van der Waals surface area contributed by atoms with Gasteiger partial charge >= 0.3 is 0 Å². The molecule has 2 aliphatic rings. The van der Waals surface area contributed by atoms with Crippen molar-refractivity contribution in [1.29, 1.82) is 0 Å². The number of aromatic hydroxyl groups is 1. The molecule has 0 saturated carbocycles. The number of carbonyl (C=O) groups excluding carboxylic acids is 1. The number of fused-ring (bicyclic) bond motifs is 1. The van der Waals surface area contributed by atoms with Crippen LogP contribution in [0.2, 0.25) is 0 Å². The first kappa shape index (κ1) is 20.2. The number of rotatable bonds is 3. The number of nitrogens with one attached hydrogen (secondary N) is 2. The van der Waals surface area contributed by atoms with Crippen LogP contribution >= 0.6 is 27.3 Å². The highest BCUT2D eigenvalue weighted by Crippen LogP contribution is 2.46. The van der Waals surface area contributed by atoms with Gasteiger partial charge in [-0.3, -0.25) is 4.79 Å². The number of halogens is 1. The minimum atomic E-state index is -0.367. The summed E-state index contributed by atoms with van der Waals surface area (Å²) in [4.78, 5) is 14.7. The fourth-order valence-electron chi connectivity index (χ4n) is 4.38. The lowest BCUT2D eigenvalue weighted by Gasteiger charge is -2.29. The van der Waals surface area contributed by atoms with Crippen LogP contribution in [-0.2, 0) is 4.79 Å². The Morgan fingerprint density at radius 3 is 2.68 bits per heavy atom. The van der Waals surface area contributed by atoms with Crippen LogP contribution in [0.15, 0.2) is 69.7 Å². The van der Waals surface area contributed by atoms with E-state index in [-0.39, 0.29) is 23.5 Å². The first-order valence-corrected chi connectivity index (χ1v) is 11.7. The van der Waals surface area contributed by atoms with E-state index in [9.17, 15) is 9.90 Å². The molecule has 1 aliphatic heterocycles. The zero-order valence-corrected chi connectivity index (χ0v) is 19.2. The Hall–Kier alpha value is -2.77. The quantitative estimate of drug-likeness (QED) is 0.402.